The van der Waals surface area contributed by atoms with Crippen molar-refractivity contribution in [2.75, 3.05) is 6.54 Å². The van der Waals surface area contributed by atoms with Crippen molar-refractivity contribution in [3.8, 4) is 0 Å². The van der Waals surface area contributed by atoms with E-state index in [0.717, 1.165) is 5.69 Å². The van der Waals surface area contributed by atoms with E-state index in [-0.39, 0.29) is 24.2 Å². The quantitative estimate of drug-likeness (QED) is 0.867. The number of aromatic nitrogens is 1. The molecule has 0 aliphatic heterocycles. The highest BCUT2D eigenvalue weighted by Crippen LogP contribution is 2.26. The Morgan fingerprint density at radius 2 is 1.86 bits per heavy atom. The Bertz CT molecular complexity index is 610. The minimum absolute atomic E-state index is 0.0401. The molecule has 0 atom stereocenters. The highest BCUT2D eigenvalue weighted by Gasteiger charge is 2.41. The number of sulfonamides is 1. The van der Waals surface area contributed by atoms with Crippen molar-refractivity contribution >= 4 is 27.1 Å². The van der Waals surface area contributed by atoms with Crippen molar-refractivity contribution < 1.29 is 13.2 Å². The van der Waals surface area contributed by atoms with Crippen molar-refractivity contribution in [2.24, 2.45) is 0 Å². The average molecular weight is 332 g/mol. The molecule has 1 aromatic heterocycles. The molecule has 0 aliphatic carbocycles. The molecule has 0 radical (unpaired) electrons. The van der Waals surface area contributed by atoms with Crippen LogP contribution in [0.2, 0.25) is 0 Å². The molecule has 1 rings (SSSR count). The lowest BCUT2D eigenvalue weighted by molar-refractivity contribution is -0.120. The van der Waals surface area contributed by atoms with E-state index in [0.29, 0.717) is 5.01 Å². The first-order chi connectivity index (χ1) is 9.41. The summed E-state index contributed by atoms with van der Waals surface area (Å²) in [4.78, 5) is 16.8. The van der Waals surface area contributed by atoms with Gasteiger partial charge in [-0.2, -0.15) is 0 Å². The molecule has 0 aromatic carbocycles. The van der Waals surface area contributed by atoms with Crippen molar-refractivity contribution in [3.05, 3.63) is 16.1 Å². The van der Waals surface area contributed by atoms with Gasteiger partial charge in [0.1, 0.15) is 9.75 Å². The summed E-state index contributed by atoms with van der Waals surface area (Å²) in [5.74, 6) is -0.349. The Labute approximate surface area is 131 Å². The summed E-state index contributed by atoms with van der Waals surface area (Å²) in [5.41, 5.74) is 0.839. The molecule has 7 heteroatoms. The maximum Gasteiger partial charge on any atom is 0.223 e. The molecule has 1 N–H and O–H groups in total. The maximum absolute atomic E-state index is 12.4. The molecule has 0 fully saturated rings. The molecule has 0 spiro atoms. The van der Waals surface area contributed by atoms with Crippen LogP contribution in [0.4, 0.5) is 0 Å². The van der Waals surface area contributed by atoms with Gasteiger partial charge in [0, 0.05) is 17.3 Å². The largest absolute Gasteiger partial charge is 0.297 e. The van der Waals surface area contributed by atoms with Gasteiger partial charge in [0.05, 0.1) is 12.1 Å². The highest BCUT2D eigenvalue weighted by molar-refractivity contribution is 7.91. The molecule has 5 nitrogen and oxygen atoms in total. The van der Waals surface area contributed by atoms with E-state index in [1.807, 2.05) is 26.2 Å². The van der Waals surface area contributed by atoms with Gasteiger partial charge in [0.25, 0.3) is 0 Å². The molecular formula is C14H24N2O3S2. The number of ketones is 1. The molecule has 0 aliphatic rings. The molecule has 0 amide bonds. The molecular weight excluding hydrogens is 308 g/mol. The third-order valence-corrected chi connectivity index (χ3v) is 6.40. The van der Waals surface area contributed by atoms with Crippen molar-refractivity contribution in [1.29, 1.82) is 0 Å². The van der Waals surface area contributed by atoms with Gasteiger partial charge in [-0.3, -0.25) is 4.79 Å². The lowest BCUT2D eigenvalue weighted by Crippen LogP contribution is -2.48. The van der Waals surface area contributed by atoms with E-state index in [1.165, 1.54) is 25.2 Å². The first-order valence-corrected chi connectivity index (χ1v) is 9.25. The molecule has 0 unspecified atom stereocenters. The molecule has 1 aromatic rings. The van der Waals surface area contributed by atoms with Gasteiger partial charge < -0.3 is 0 Å². The second kappa shape index (κ2) is 6.14. The lowest BCUT2D eigenvalue weighted by Gasteiger charge is -2.22. The zero-order valence-corrected chi connectivity index (χ0v) is 15.1. The van der Waals surface area contributed by atoms with Crippen LogP contribution in [0.15, 0.2) is 5.38 Å². The van der Waals surface area contributed by atoms with Crippen LogP contribution in [-0.4, -0.2) is 30.5 Å². The Morgan fingerprint density at radius 1 is 1.29 bits per heavy atom. The predicted molar refractivity (Wildman–Crippen MR) is 86.2 cm³/mol. The number of Topliss-reactive ketones (excluding diaryl/α,β-unsaturated/α-hetero) is 1. The summed E-state index contributed by atoms with van der Waals surface area (Å²) in [6, 6.07) is 0. The number of thiazole rings is 1. The molecule has 120 valence electrons. The molecule has 21 heavy (non-hydrogen) atoms. The second-order valence-corrected chi connectivity index (χ2v) is 9.75. The fourth-order valence-electron chi connectivity index (χ4n) is 1.61. The van der Waals surface area contributed by atoms with Gasteiger partial charge in [-0.15, -0.1) is 11.3 Å². The van der Waals surface area contributed by atoms with Crippen molar-refractivity contribution in [1.82, 2.24) is 9.71 Å². The number of rotatable bonds is 6. The fourth-order valence-corrected chi connectivity index (χ4v) is 3.74. The maximum atomic E-state index is 12.4. The van der Waals surface area contributed by atoms with Gasteiger partial charge in [-0.05, 0) is 13.8 Å². The Kier molecular flexibility index (Phi) is 5.34. The van der Waals surface area contributed by atoms with Crippen LogP contribution < -0.4 is 4.72 Å². The number of nitrogens with zero attached hydrogens (tertiary/aromatic N) is 1. The SMILES string of the molecule is CCNS(=O)(=O)C(C)(C)C(=O)Cc1nc(C(C)(C)C)cs1. The molecule has 0 saturated heterocycles. The minimum Gasteiger partial charge on any atom is -0.297 e. The summed E-state index contributed by atoms with van der Waals surface area (Å²) in [5, 5.41) is 2.58. The summed E-state index contributed by atoms with van der Waals surface area (Å²) >= 11 is 1.40. The lowest BCUT2D eigenvalue weighted by atomic mass is 9.93. The van der Waals surface area contributed by atoms with Gasteiger partial charge in [0.2, 0.25) is 10.0 Å². The van der Waals surface area contributed by atoms with Crippen LogP contribution in [0, 0.1) is 0 Å². The van der Waals surface area contributed by atoms with Crippen molar-refractivity contribution in [2.45, 2.75) is 58.1 Å². The monoisotopic (exact) mass is 332 g/mol. The van der Waals surface area contributed by atoms with E-state index < -0.39 is 14.8 Å². The Hall–Kier alpha value is -0.790. The van der Waals surface area contributed by atoms with E-state index >= 15 is 0 Å². The van der Waals surface area contributed by atoms with Gasteiger partial charge in [-0.1, -0.05) is 27.7 Å². The molecule has 0 bridgehead atoms. The third kappa shape index (κ3) is 4.11. The van der Waals surface area contributed by atoms with Crippen LogP contribution in [0.5, 0.6) is 0 Å². The first-order valence-electron chi connectivity index (χ1n) is 6.89. The van der Waals surface area contributed by atoms with Crippen LogP contribution >= 0.6 is 11.3 Å². The average Bonchev–Trinajstić information content (AvgIpc) is 2.76. The smallest absolute Gasteiger partial charge is 0.223 e. The van der Waals surface area contributed by atoms with Crippen LogP contribution in [0.25, 0.3) is 0 Å². The number of hydrogen-bond acceptors (Lipinski definition) is 5. The van der Waals surface area contributed by atoms with Crippen molar-refractivity contribution in [3.63, 3.8) is 0 Å². The first kappa shape index (κ1) is 18.3. The van der Waals surface area contributed by atoms with Crippen LogP contribution in [0.1, 0.15) is 52.2 Å². The standard InChI is InChI=1S/C14H24N2O3S2/c1-7-15-21(18,19)14(5,6)11(17)8-12-16-10(9-20-12)13(2,3)4/h9,15H,7-8H2,1-6H3. The fraction of sp³-hybridized carbons (Fsp3) is 0.714. The van der Waals surface area contributed by atoms with Gasteiger partial charge in [-0.25, -0.2) is 18.1 Å². The normalized spacial score (nSPS) is 13.4. The number of carbonyl (C=O) groups is 1. The minimum atomic E-state index is -3.67. The summed E-state index contributed by atoms with van der Waals surface area (Å²) < 4.78 is 25.1. The topological polar surface area (TPSA) is 76.1 Å². The van der Waals surface area contributed by atoms with Crippen LogP contribution in [-0.2, 0) is 26.7 Å². The number of nitrogens with one attached hydrogen (secondary N) is 1. The Morgan fingerprint density at radius 3 is 2.29 bits per heavy atom. The zero-order chi connectivity index (χ0) is 16.5. The van der Waals surface area contributed by atoms with Gasteiger partial charge >= 0.3 is 0 Å². The highest BCUT2D eigenvalue weighted by atomic mass is 32.2. The molecule has 1 heterocycles. The summed E-state index contributed by atoms with van der Waals surface area (Å²) in [6.07, 6.45) is 0.0401. The molecule has 0 saturated carbocycles. The van der Waals surface area contributed by atoms with E-state index in [9.17, 15) is 13.2 Å². The second-order valence-electron chi connectivity index (χ2n) is 6.49. The Balaban J connectivity index is 2.93. The number of carbonyl (C=O) groups excluding carboxylic acids is 1. The predicted octanol–water partition coefficient (Wildman–Crippen LogP) is 2.27. The summed E-state index contributed by atoms with van der Waals surface area (Å²) in [6.45, 7) is 11.0. The van der Waals surface area contributed by atoms with Gasteiger partial charge in [0.15, 0.2) is 5.78 Å². The van der Waals surface area contributed by atoms with E-state index in [2.05, 4.69) is 9.71 Å². The summed E-state index contributed by atoms with van der Waals surface area (Å²) in [7, 11) is -3.67. The van der Waals surface area contributed by atoms with E-state index in [1.54, 1.807) is 6.92 Å². The van der Waals surface area contributed by atoms with Crippen LogP contribution in [0.3, 0.4) is 0 Å². The third-order valence-electron chi connectivity index (χ3n) is 3.31. The van der Waals surface area contributed by atoms with E-state index in [4.69, 9.17) is 0 Å². The zero-order valence-electron chi connectivity index (χ0n) is 13.5. The number of hydrogen-bond donors (Lipinski definition) is 1.